The molecule has 1 aliphatic heterocycles. The van der Waals surface area contributed by atoms with E-state index in [-0.39, 0.29) is 18.7 Å². The fourth-order valence-corrected chi connectivity index (χ4v) is 4.76. The summed E-state index contributed by atoms with van der Waals surface area (Å²) in [5.74, 6) is -3.40. The Hall–Kier alpha value is -3.00. The highest BCUT2D eigenvalue weighted by molar-refractivity contribution is 6.54. The Morgan fingerprint density at radius 3 is 2.65 bits per heavy atom. The zero-order chi connectivity index (χ0) is 30.0. The molecule has 3 unspecified atom stereocenters. The molecule has 6 nitrogen and oxygen atoms in total. The average Bonchev–Trinajstić information content (AvgIpc) is 2.94. The van der Waals surface area contributed by atoms with Crippen LogP contribution in [0.5, 0.6) is 0 Å². The van der Waals surface area contributed by atoms with Gasteiger partial charge in [-0.3, -0.25) is 10.2 Å². The molecular weight excluding hydrogens is 532 g/mol. The number of carbonyl (C=O) groups is 1. The topological polar surface area (TPSA) is 80.6 Å². The summed E-state index contributed by atoms with van der Waals surface area (Å²) in [6.07, 6.45) is 6.16. The standard InChI is InChI=1S/C31H44ClF2N5O/c1-8-20(4)23-12-11-13-24(14-23)26(17-36-7)28(35)30(40)39-19-31(33,34)15-22(6)27(39)18-38-29(21(5)9-2)37-16-25(32)10-3/h10-14,16-17,20,22,27,35-36,38H,8-9,15,18-19H2,1-7H3/b25-10+,26-17-,29-21+,35-28?,37-16-. The summed E-state index contributed by atoms with van der Waals surface area (Å²) in [6, 6.07) is 7.14. The van der Waals surface area contributed by atoms with E-state index in [1.807, 2.05) is 38.1 Å². The van der Waals surface area contributed by atoms with E-state index < -0.39 is 30.3 Å². The number of halogens is 3. The molecule has 0 bridgehead atoms. The first kappa shape index (κ1) is 33.2. The van der Waals surface area contributed by atoms with Crippen molar-refractivity contribution >= 4 is 35.0 Å². The molecule has 1 aliphatic rings. The van der Waals surface area contributed by atoms with Crippen molar-refractivity contribution in [1.29, 1.82) is 5.41 Å². The van der Waals surface area contributed by atoms with E-state index in [0.29, 0.717) is 27.9 Å². The first-order valence-corrected chi connectivity index (χ1v) is 14.3. The molecule has 1 heterocycles. The summed E-state index contributed by atoms with van der Waals surface area (Å²) in [5.41, 5.74) is 2.78. The highest BCUT2D eigenvalue weighted by Gasteiger charge is 2.46. The van der Waals surface area contributed by atoms with Crippen molar-refractivity contribution in [2.45, 2.75) is 78.7 Å². The summed E-state index contributed by atoms with van der Waals surface area (Å²) < 4.78 is 29.6. The number of hydrogen-bond acceptors (Lipinski definition) is 5. The van der Waals surface area contributed by atoms with Crippen LogP contribution in [0.15, 0.2) is 58.0 Å². The number of nitrogens with one attached hydrogen (secondary N) is 3. The number of benzene rings is 1. The third-order valence-electron chi connectivity index (χ3n) is 7.50. The first-order chi connectivity index (χ1) is 18.9. The number of aliphatic imine (C=N–C) groups is 1. The van der Waals surface area contributed by atoms with Crippen LogP contribution in [0.4, 0.5) is 8.78 Å². The zero-order valence-electron chi connectivity index (χ0n) is 24.7. The molecule has 1 amide bonds. The van der Waals surface area contributed by atoms with Gasteiger partial charge in [-0.2, -0.15) is 0 Å². The third kappa shape index (κ3) is 8.75. The predicted octanol–water partition coefficient (Wildman–Crippen LogP) is 7.10. The first-order valence-electron chi connectivity index (χ1n) is 13.9. The Morgan fingerprint density at radius 1 is 1.35 bits per heavy atom. The maximum atomic E-state index is 14.8. The Labute approximate surface area is 243 Å². The SMILES string of the molecule is C\C=C(Cl)/C=N\C(NCC1C(C)CC(F)(F)CN1C(=O)C(=N)/C(=C\NC)c1cccc(C(C)CC)c1)=C(\C)CC. The van der Waals surface area contributed by atoms with Gasteiger partial charge in [-0.05, 0) is 55.2 Å². The number of rotatable bonds is 12. The molecule has 40 heavy (non-hydrogen) atoms. The van der Waals surface area contributed by atoms with E-state index in [9.17, 15) is 13.6 Å². The quantitative estimate of drug-likeness (QED) is 0.233. The van der Waals surface area contributed by atoms with Crippen molar-refractivity contribution in [1.82, 2.24) is 15.5 Å². The second kappa shape index (κ2) is 15.1. The van der Waals surface area contributed by atoms with Gasteiger partial charge in [0.05, 0.1) is 17.6 Å². The van der Waals surface area contributed by atoms with Gasteiger partial charge in [0.15, 0.2) is 0 Å². The Balaban J connectivity index is 2.42. The van der Waals surface area contributed by atoms with Crippen molar-refractivity contribution in [2.75, 3.05) is 20.1 Å². The minimum absolute atomic E-state index is 0.211. The van der Waals surface area contributed by atoms with Crippen molar-refractivity contribution in [2.24, 2.45) is 10.9 Å². The maximum Gasteiger partial charge on any atom is 0.272 e. The molecule has 0 aliphatic carbocycles. The van der Waals surface area contributed by atoms with E-state index in [0.717, 1.165) is 28.9 Å². The minimum atomic E-state index is -3.05. The fourth-order valence-electron chi connectivity index (χ4n) is 4.71. The number of allylic oxidation sites excluding steroid dienone is 3. The van der Waals surface area contributed by atoms with Crippen molar-refractivity contribution in [3.63, 3.8) is 0 Å². The second-order valence-electron chi connectivity index (χ2n) is 10.5. The smallest absolute Gasteiger partial charge is 0.272 e. The highest BCUT2D eigenvalue weighted by Crippen LogP contribution is 2.35. The molecule has 220 valence electrons. The largest absolute Gasteiger partial charge is 0.393 e. The zero-order valence-corrected chi connectivity index (χ0v) is 25.5. The van der Waals surface area contributed by atoms with Crippen LogP contribution in [0.1, 0.15) is 77.8 Å². The molecule has 0 saturated carbocycles. The predicted molar refractivity (Wildman–Crippen MR) is 163 cm³/mol. The molecule has 1 saturated heterocycles. The number of nitrogens with zero attached hydrogens (tertiary/aromatic N) is 2. The number of alkyl halides is 2. The van der Waals surface area contributed by atoms with Gasteiger partial charge < -0.3 is 15.5 Å². The molecule has 1 aromatic carbocycles. The Kier molecular flexibility index (Phi) is 12.6. The monoisotopic (exact) mass is 575 g/mol. The lowest BCUT2D eigenvalue weighted by Gasteiger charge is -2.43. The van der Waals surface area contributed by atoms with Gasteiger partial charge in [0.1, 0.15) is 11.5 Å². The maximum absolute atomic E-state index is 14.8. The van der Waals surface area contributed by atoms with Crippen molar-refractivity contribution in [3.8, 4) is 0 Å². The van der Waals surface area contributed by atoms with Crippen LogP contribution in [0.25, 0.3) is 5.57 Å². The van der Waals surface area contributed by atoms with E-state index >= 15 is 0 Å². The minimum Gasteiger partial charge on any atom is -0.393 e. The van der Waals surface area contributed by atoms with Gasteiger partial charge in [-0.25, -0.2) is 13.8 Å². The summed E-state index contributed by atoms with van der Waals surface area (Å²) in [5, 5.41) is 15.5. The average molecular weight is 576 g/mol. The lowest BCUT2D eigenvalue weighted by Crippen LogP contribution is -2.59. The third-order valence-corrected chi connectivity index (χ3v) is 7.81. The summed E-state index contributed by atoms with van der Waals surface area (Å²) in [7, 11) is 1.69. The van der Waals surface area contributed by atoms with Crippen molar-refractivity contribution in [3.05, 3.63) is 64.1 Å². The molecule has 1 aromatic rings. The van der Waals surface area contributed by atoms with Gasteiger partial charge in [0, 0.05) is 38.0 Å². The van der Waals surface area contributed by atoms with E-state index in [1.54, 1.807) is 33.2 Å². The van der Waals surface area contributed by atoms with E-state index in [2.05, 4.69) is 29.5 Å². The molecule has 3 atom stereocenters. The van der Waals surface area contributed by atoms with E-state index in [4.69, 9.17) is 17.0 Å². The van der Waals surface area contributed by atoms with Gasteiger partial charge >= 0.3 is 0 Å². The second-order valence-corrected chi connectivity index (χ2v) is 10.9. The molecule has 0 aromatic heterocycles. The number of amides is 1. The summed E-state index contributed by atoms with van der Waals surface area (Å²) in [6.45, 7) is 11.1. The molecular formula is C31H44ClF2N5O. The lowest BCUT2D eigenvalue weighted by molar-refractivity contribution is -0.145. The van der Waals surface area contributed by atoms with Gasteiger partial charge in [-0.15, -0.1) is 0 Å². The van der Waals surface area contributed by atoms with Crippen LogP contribution in [-0.2, 0) is 4.79 Å². The normalized spacial score (nSPS) is 21.2. The highest BCUT2D eigenvalue weighted by atomic mass is 35.5. The molecule has 3 N–H and O–H groups in total. The molecule has 0 radical (unpaired) electrons. The van der Waals surface area contributed by atoms with Gasteiger partial charge in [0.25, 0.3) is 11.8 Å². The Bertz CT molecular complexity index is 1170. The lowest BCUT2D eigenvalue weighted by atomic mass is 9.87. The van der Waals surface area contributed by atoms with Crippen LogP contribution in [-0.4, -0.2) is 54.8 Å². The van der Waals surface area contributed by atoms with E-state index in [1.165, 1.54) is 6.21 Å². The van der Waals surface area contributed by atoms with Crippen LogP contribution >= 0.6 is 11.6 Å². The molecule has 1 fully saturated rings. The number of piperidine rings is 1. The van der Waals surface area contributed by atoms with Gasteiger partial charge in [-0.1, -0.05) is 69.6 Å². The van der Waals surface area contributed by atoms with Crippen LogP contribution in [0, 0.1) is 11.3 Å². The number of hydrogen-bond donors (Lipinski definition) is 3. The number of carbonyl (C=O) groups excluding carboxylic acids is 1. The van der Waals surface area contributed by atoms with Gasteiger partial charge in [0.2, 0.25) is 0 Å². The fraction of sp³-hybridized carbons (Fsp3) is 0.516. The molecule has 9 heteroatoms. The van der Waals surface area contributed by atoms with Crippen LogP contribution < -0.4 is 10.6 Å². The summed E-state index contributed by atoms with van der Waals surface area (Å²) >= 11 is 6.09. The molecule has 0 spiro atoms. The van der Waals surface area contributed by atoms with Crippen molar-refractivity contribution < 1.29 is 13.6 Å². The van der Waals surface area contributed by atoms with Crippen LogP contribution in [0.2, 0.25) is 0 Å². The molecule has 2 rings (SSSR count). The Morgan fingerprint density at radius 2 is 2.05 bits per heavy atom. The summed E-state index contributed by atoms with van der Waals surface area (Å²) in [4.78, 5) is 19.4. The number of likely N-dealkylation sites (tertiary alicyclic amines) is 1. The van der Waals surface area contributed by atoms with Crippen LogP contribution in [0.3, 0.4) is 0 Å².